The third-order valence-corrected chi connectivity index (χ3v) is 1.18. The van der Waals surface area contributed by atoms with Crippen molar-refractivity contribution < 1.29 is 0 Å². The van der Waals surface area contributed by atoms with Crippen molar-refractivity contribution >= 4 is 12.4 Å². The van der Waals surface area contributed by atoms with Crippen molar-refractivity contribution in [2.24, 2.45) is 15.9 Å². The monoisotopic (exact) mass is 166 g/mol. The fourth-order valence-corrected chi connectivity index (χ4v) is 0.576. The van der Waals surface area contributed by atoms with Crippen LogP contribution in [0.3, 0.4) is 0 Å². The van der Waals surface area contributed by atoms with E-state index in [0.29, 0.717) is 5.92 Å². The van der Waals surface area contributed by atoms with Crippen LogP contribution < -0.4 is 0 Å². The third kappa shape index (κ3) is 7.19. The number of hydrogen-bond acceptors (Lipinski definition) is 2. The Balaban J connectivity index is 3.93. The molecule has 0 N–H and O–H groups in total. The van der Waals surface area contributed by atoms with Gasteiger partial charge in [0, 0.05) is 24.7 Å². The van der Waals surface area contributed by atoms with Crippen LogP contribution in [0.4, 0.5) is 0 Å². The molecule has 0 radical (unpaired) electrons. The summed E-state index contributed by atoms with van der Waals surface area (Å²) in [5.74, 6) is 0.511. The fourth-order valence-electron chi connectivity index (χ4n) is 0.576. The maximum Gasteiger partial charge on any atom is 0.0383 e. The second-order valence-electron chi connectivity index (χ2n) is 2.98. The highest BCUT2D eigenvalue weighted by Gasteiger charge is 1.84. The maximum absolute atomic E-state index is 4.24. The van der Waals surface area contributed by atoms with E-state index in [4.69, 9.17) is 0 Å². The van der Waals surface area contributed by atoms with Gasteiger partial charge >= 0.3 is 0 Å². The van der Waals surface area contributed by atoms with Gasteiger partial charge in [0.05, 0.1) is 0 Å². The molecule has 0 bridgehead atoms. The van der Waals surface area contributed by atoms with Gasteiger partial charge in [-0.05, 0) is 25.8 Å². The standard InChI is InChI=1S/C10H18N2/c1-5-11-7-6-10(4)12-8-9(2)3/h6-9H,5H2,1-4H3/b10-6-,11-7?,12-8?. The summed E-state index contributed by atoms with van der Waals surface area (Å²) in [4.78, 5) is 8.30. The van der Waals surface area contributed by atoms with E-state index in [-0.39, 0.29) is 0 Å². The smallest absolute Gasteiger partial charge is 0.0383 e. The first-order valence-corrected chi connectivity index (χ1v) is 4.37. The molecule has 0 rings (SSSR count). The van der Waals surface area contributed by atoms with Crippen molar-refractivity contribution in [3.8, 4) is 0 Å². The molecule has 0 saturated heterocycles. The Morgan fingerprint density at radius 2 is 2.08 bits per heavy atom. The zero-order chi connectivity index (χ0) is 9.40. The van der Waals surface area contributed by atoms with Gasteiger partial charge in [-0.2, -0.15) is 0 Å². The van der Waals surface area contributed by atoms with Crippen molar-refractivity contribution in [1.29, 1.82) is 0 Å². The minimum absolute atomic E-state index is 0.511. The molecule has 0 atom stereocenters. The molecule has 2 nitrogen and oxygen atoms in total. The molecule has 0 unspecified atom stereocenters. The highest BCUT2D eigenvalue weighted by atomic mass is 14.7. The van der Waals surface area contributed by atoms with Crippen LogP contribution in [0.25, 0.3) is 0 Å². The first-order chi connectivity index (χ1) is 5.66. The molecular weight excluding hydrogens is 148 g/mol. The van der Waals surface area contributed by atoms with Crippen LogP contribution in [0.15, 0.2) is 21.8 Å². The van der Waals surface area contributed by atoms with E-state index in [1.807, 2.05) is 26.1 Å². The highest BCUT2D eigenvalue weighted by Crippen LogP contribution is 1.94. The van der Waals surface area contributed by atoms with Gasteiger partial charge in [-0.25, -0.2) is 0 Å². The van der Waals surface area contributed by atoms with E-state index in [1.165, 1.54) is 0 Å². The molecule has 0 heterocycles. The average molecular weight is 166 g/mol. The lowest BCUT2D eigenvalue weighted by Crippen LogP contribution is -1.87. The van der Waals surface area contributed by atoms with E-state index < -0.39 is 0 Å². The number of hydrogen-bond donors (Lipinski definition) is 0. The van der Waals surface area contributed by atoms with Crippen LogP contribution in [0, 0.1) is 5.92 Å². The Morgan fingerprint density at radius 1 is 1.42 bits per heavy atom. The van der Waals surface area contributed by atoms with Gasteiger partial charge in [-0.1, -0.05) is 13.8 Å². The predicted octanol–water partition coefficient (Wildman–Crippen LogP) is 2.71. The zero-order valence-corrected chi connectivity index (χ0v) is 8.41. The number of rotatable bonds is 4. The largest absolute Gasteiger partial charge is 0.293 e. The Bertz CT molecular complexity index is 188. The summed E-state index contributed by atoms with van der Waals surface area (Å²) >= 11 is 0. The lowest BCUT2D eigenvalue weighted by molar-refractivity contribution is 0.904. The molecule has 0 saturated carbocycles. The van der Waals surface area contributed by atoms with Crippen LogP contribution in [-0.4, -0.2) is 19.0 Å². The normalized spacial score (nSPS) is 13.9. The Morgan fingerprint density at radius 3 is 2.58 bits per heavy atom. The fraction of sp³-hybridized carbons (Fsp3) is 0.600. The van der Waals surface area contributed by atoms with E-state index in [1.54, 1.807) is 6.21 Å². The molecule has 0 aromatic carbocycles. The van der Waals surface area contributed by atoms with Crippen molar-refractivity contribution in [1.82, 2.24) is 0 Å². The molecular formula is C10H18N2. The predicted molar refractivity (Wildman–Crippen MR) is 56.1 cm³/mol. The molecule has 0 aliphatic heterocycles. The lowest BCUT2D eigenvalue weighted by atomic mass is 10.2. The van der Waals surface area contributed by atoms with Gasteiger partial charge in [-0.15, -0.1) is 0 Å². The summed E-state index contributed by atoms with van der Waals surface area (Å²) in [6, 6.07) is 0. The van der Waals surface area contributed by atoms with Crippen molar-refractivity contribution in [3.05, 3.63) is 11.8 Å². The van der Waals surface area contributed by atoms with E-state index in [9.17, 15) is 0 Å². The van der Waals surface area contributed by atoms with E-state index in [2.05, 4.69) is 23.8 Å². The maximum atomic E-state index is 4.24. The Kier molecular flexibility index (Phi) is 6.25. The Hall–Kier alpha value is -0.920. The SMILES string of the molecule is CCN=C/C=C(/C)N=CC(C)C. The second-order valence-corrected chi connectivity index (χ2v) is 2.98. The first-order valence-electron chi connectivity index (χ1n) is 4.37. The van der Waals surface area contributed by atoms with Gasteiger partial charge in [0.25, 0.3) is 0 Å². The summed E-state index contributed by atoms with van der Waals surface area (Å²) in [5.41, 5.74) is 1.00. The molecule has 12 heavy (non-hydrogen) atoms. The highest BCUT2D eigenvalue weighted by molar-refractivity contribution is 5.73. The molecule has 0 aromatic heterocycles. The van der Waals surface area contributed by atoms with Crippen molar-refractivity contribution in [2.45, 2.75) is 27.7 Å². The quantitative estimate of drug-likeness (QED) is 0.574. The van der Waals surface area contributed by atoms with Gasteiger partial charge in [0.2, 0.25) is 0 Å². The van der Waals surface area contributed by atoms with Gasteiger partial charge < -0.3 is 0 Å². The van der Waals surface area contributed by atoms with Crippen LogP contribution in [0.1, 0.15) is 27.7 Å². The van der Waals surface area contributed by atoms with Gasteiger partial charge in [-0.3, -0.25) is 9.98 Å². The van der Waals surface area contributed by atoms with Crippen LogP contribution in [0.2, 0.25) is 0 Å². The zero-order valence-electron chi connectivity index (χ0n) is 8.41. The Labute approximate surface area is 75.1 Å². The summed E-state index contributed by atoms with van der Waals surface area (Å²) in [6.07, 6.45) is 5.65. The number of nitrogens with zero attached hydrogens (tertiary/aromatic N) is 2. The minimum Gasteiger partial charge on any atom is -0.293 e. The number of aliphatic imine (C=N–C) groups is 2. The molecule has 68 valence electrons. The molecule has 0 spiro atoms. The summed E-state index contributed by atoms with van der Waals surface area (Å²) < 4.78 is 0. The number of allylic oxidation sites excluding steroid dienone is 2. The summed E-state index contributed by atoms with van der Waals surface area (Å²) in [5, 5.41) is 0. The summed E-state index contributed by atoms with van der Waals surface area (Å²) in [6.45, 7) is 9.03. The molecule has 0 fully saturated rings. The van der Waals surface area contributed by atoms with Crippen LogP contribution in [0.5, 0.6) is 0 Å². The molecule has 0 aliphatic carbocycles. The topological polar surface area (TPSA) is 24.7 Å². The van der Waals surface area contributed by atoms with Crippen molar-refractivity contribution in [3.63, 3.8) is 0 Å². The third-order valence-electron chi connectivity index (χ3n) is 1.18. The van der Waals surface area contributed by atoms with E-state index in [0.717, 1.165) is 12.2 Å². The van der Waals surface area contributed by atoms with Crippen LogP contribution in [-0.2, 0) is 0 Å². The molecule has 0 aromatic rings. The van der Waals surface area contributed by atoms with Crippen LogP contribution >= 0.6 is 0 Å². The molecule has 0 aliphatic rings. The van der Waals surface area contributed by atoms with Gasteiger partial charge in [0.15, 0.2) is 0 Å². The summed E-state index contributed by atoms with van der Waals surface area (Å²) in [7, 11) is 0. The first kappa shape index (κ1) is 11.1. The van der Waals surface area contributed by atoms with Crippen molar-refractivity contribution in [2.75, 3.05) is 6.54 Å². The molecule has 0 amide bonds. The lowest BCUT2D eigenvalue weighted by Gasteiger charge is -1.92. The average Bonchev–Trinajstić information content (AvgIpc) is 2.01. The van der Waals surface area contributed by atoms with Gasteiger partial charge in [0.1, 0.15) is 0 Å². The minimum atomic E-state index is 0.511. The van der Waals surface area contributed by atoms with E-state index >= 15 is 0 Å². The molecule has 2 heteroatoms. The second kappa shape index (κ2) is 6.77.